The molecule has 0 N–H and O–H groups in total. The summed E-state index contributed by atoms with van der Waals surface area (Å²) < 4.78 is 2.80. The second-order valence-electron chi connectivity index (χ2n) is 17.7. The van der Waals surface area contributed by atoms with Gasteiger partial charge in [0.05, 0.1) is 5.69 Å². The van der Waals surface area contributed by atoms with Crippen molar-refractivity contribution in [2.45, 2.75) is 59.3 Å². The van der Waals surface area contributed by atoms with Crippen molar-refractivity contribution in [3.8, 4) is 11.1 Å². The number of hydrogen-bond acceptors (Lipinski definition) is 3. The fourth-order valence-corrected chi connectivity index (χ4v) is 12.2. The van der Waals surface area contributed by atoms with Crippen LogP contribution >= 0.6 is 11.3 Å². The van der Waals surface area contributed by atoms with E-state index in [9.17, 15) is 0 Å². The van der Waals surface area contributed by atoms with Gasteiger partial charge in [0, 0.05) is 43.3 Å². The van der Waals surface area contributed by atoms with Gasteiger partial charge < -0.3 is 9.80 Å². The van der Waals surface area contributed by atoms with Crippen molar-refractivity contribution >= 4 is 110 Å². The lowest BCUT2D eigenvalue weighted by atomic mass is 9.36. The first-order valence-corrected chi connectivity index (χ1v) is 23.9. The number of fused-ring (bicyclic) bond motifs is 12. The fourth-order valence-electron chi connectivity index (χ4n) is 10.9. The first-order chi connectivity index (χ1) is 31.1. The summed E-state index contributed by atoms with van der Waals surface area (Å²) in [6.07, 6.45) is 6.62. The van der Waals surface area contributed by atoms with E-state index < -0.39 is 0 Å². The highest BCUT2D eigenvalue weighted by atomic mass is 32.1. The lowest BCUT2D eigenvalue weighted by molar-refractivity contribution is 0.921. The molecule has 0 radical (unpaired) electrons. The van der Waals surface area contributed by atoms with Gasteiger partial charge in [0.2, 0.25) is 0 Å². The van der Waals surface area contributed by atoms with Crippen molar-refractivity contribution < 1.29 is 0 Å². The molecule has 0 atom stereocenters. The van der Waals surface area contributed by atoms with Crippen LogP contribution in [0.1, 0.15) is 56.7 Å². The Morgan fingerprint density at radius 2 is 0.952 bits per heavy atom. The normalized spacial score (nSPS) is 13.0. The van der Waals surface area contributed by atoms with Gasteiger partial charge in [-0.2, -0.15) is 0 Å². The van der Waals surface area contributed by atoms with E-state index in [1.165, 1.54) is 120 Å². The summed E-state index contributed by atoms with van der Waals surface area (Å²) in [7, 11) is 0. The smallest absolute Gasteiger partial charge is 0.264 e. The van der Waals surface area contributed by atoms with Crippen LogP contribution in [-0.2, 0) is 19.3 Å². The summed E-state index contributed by atoms with van der Waals surface area (Å²) in [5, 5.41) is 9.19. The number of rotatable bonds is 9. The lowest BCUT2D eigenvalue weighted by Gasteiger charge is -2.43. The van der Waals surface area contributed by atoms with E-state index in [2.05, 4.69) is 200 Å². The first-order valence-electron chi connectivity index (χ1n) is 23.1. The summed E-state index contributed by atoms with van der Waals surface area (Å²) in [6, 6.07) is 65.1. The molecule has 0 saturated heterocycles. The van der Waals surface area contributed by atoms with Crippen LogP contribution in [0.5, 0.6) is 0 Å². The second kappa shape index (κ2) is 15.3. The van der Waals surface area contributed by atoms with Gasteiger partial charge in [-0.25, -0.2) is 0 Å². The summed E-state index contributed by atoms with van der Waals surface area (Å²) in [6.45, 7) is 6.96. The minimum atomic E-state index is 0.124. The zero-order valence-corrected chi connectivity index (χ0v) is 37.1. The quantitative estimate of drug-likeness (QED) is 0.106. The van der Waals surface area contributed by atoms with Crippen LogP contribution in [0.2, 0.25) is 0 Å². The Labute approximate surface area is 375 Å². The van der Waals surface area contributed by atoms with Crippen LogP contribution in [-0.4, -0.2) is 6.71 Å². The molecule has 63 heavy (non-hydrogen) atoms. The van der Waals surface area contributed by atoms with E-state index in [4.69, 9.17) is 0 Å². The van der Waals surface area contributed by atoms with Crippen molar-refractivity contribution in [3.63, 3.8) is 0 Å². The van der Waals surface area contributed by atoms with E-state index in [1.54, 1.807) is 0 Å². The van der Waals surface area contributed by atoms with Gasteiger partial charge >= 0.3 is 0 Å². The van der Waals surface area contributed by atoms with Crippen LogP contribution in [0.25, 0.3) is 53.5 Å². The second-order valence-corrected chi connectivity index (χ2v) is 18.8. The van der Waals surface area contributed by atoms with Crippen molar-refractivity contribution in [1.29, 1.82) is 0 Å². The Bertz CT molecular complexity index is 3360. The zero-order valence-electron chi connectivity index (χ0n) is 36.3. The Morgan fingerprint density at radius 3 is 1.63 bits per heavy atom. The molecule has 0 amide bonds. The number of thiophene rings is 1. The van der Waals surface area contributed by atoms with Gasteiger partial charge in [0.25, 0.3) is 6.71 Å². The highest BCUT2D eigenvalue weighted by Crippen LogP contribution is 2.48. The maximum Gasteiger partial charge on any atom is 0.264 e. The minimum Gasteiger partial charge on any atom is -0.311 e. The summed E-state index contributed by atoms with van der Waals surface area (Å²) in [4.78, 5) is 5.16. The van der Waals surface area contributed by atoms with E-state index in [0.29, 0.717) is 0 Å². The molecule has 12 rings (SSSR count). The van der Waals surface area contributed by atoms with E-state index in [-0.39, 0.29) is 6.71 Å². The molecule has 0 saturated carbocycles. The summed E-state index contributed by atoms with van der Waals surface area (Å²) in [5.41, 5.74) is 17.0. The summed E-state index contributed by atoms with van der Waals surface area (Å²) in [5.74, 6) is 0. The number of anilines is 6. The summed E-state index contributed by atoms with van der Waals surface area (Å²) >= 11 is 1.99. The lowest BCUT2D eigenvalue weighted by Crippen LogP contribution is -2.60. The molecule has 0 bridgehead atoms. The zero-order chi connectivity index (χ0) is 42.2. The van der Waals surface area contributed by atoms with Crippen molar-refractivity contribution in [2.75, 3.05) is 9.80 Å². The third-order valence-corrected chi connectivity index (χ3v) is 15.0. The molecule has 3 heterocycles. The Hall–Kier alpha value is -6.62. The predicted octanol–water partition coefficient (Wildman–Crippen LogP) is 15.0. The van der Waals surface area contributed by atoms with Crippen molar-refractivity contribution in [1.82, 2.24) is 0 Å². The van der Waals surface area contributed by atoms with Crippen LogP contribution in [0.3, 0.4) is 0 Å². The molecule has 0 unspecified atom stereocenters. The maximum absolute atomic E-state index is 2.60. The average Bonchev–Trinajstić information content (AvgIpc) is 3.70. The number of aryl methyl sites for hydroxylation is 3. The third kappa shape index (κ3) is 6.06. The van der Waals surface area contributed by atoms with Gasteiger partial charge in [-0.3, -0.25) is 0 Å². The monoisotopic (exact) mass is 828 g/mol. The molecule has 0 spiro atoms. The third-order valence-electron chi connectivity index (χ3n) is 13.7. The van der Waals surface area contributed by atoms with Gasteiger partial charge in [-0.15, -0.1) is 11.3 Å². The molecule has 4 heteroatoms. The van der Waals surface area contributed by atoms with E-state index >= 15 is 0 Å². The van der Waals surface area contributed by atoms with Crippen molar-refractivity contribution in [3.05, 3.63) is 187 Å². The van der Waals surface area contributed by atoms with Gasteiger partial charge in [-0.1, -0.05) is 149 Å². The van der Waals surface area contributed by atoms with Crippen LogP contribution < -0.4 is 25.5 Å². The topological polar surface area (TPSA) is 6.48 Å². The Kier molecular flexibility index (Phi) is 9.27. The molecule has 0 fully saturated rings. The predicted molar refractivity (Wildman–Crippen MR) is 276 cm³/mol. The van der Waals surface area contributed by atoms with Crippen molar-refractivity contribution in [2.24, 2.45) is 0 Å². The van der Waals surface area contributed by atoms with Gasteiger partial charge in [0.1, 0.15) is 0 Å². The number of benzene rings is 9. The number of nitrogens with zero attached hydrogens (tertiary/aromatic N) is 2. The molecule has 0 aliphatic carbocycles. The standard InChI is InChI=1S/C59H49BN2S/c1-4-12-38-21-28-44(29-22-38)62-54-20-11-19-53-57(54)60(59-58(62)51-35-39(13-5-2)24-34-56(51)63-59)52-33-23-40(14-6-3)36-55(52)61(53)43-30-25-41(26-31-43)42-27-32-49-47-17-8-7-15-45(47)46-16-9-10-18-48(46)50(49)37-42/h7-11,15-37H,4-6,12-14H2,1-3H3. The molecule has 304 valence electrons. The molecule has 2 nitrogen and oxygen atoms in total. The first kappa shape index (κ1) is 38.1. The molecule has 2 aliphatic rings. The van der Waals surface area contributed by atoms with E-state index in [1.807, 2.05) is 11.3 Å². The minimum absolute atomic E-state index is 0.124. The molecular formula is C59H49BN2S. The van der Waals surface area contributed by atoms with E-state index in [0.717, 1.165) is 38.5 Å². The Morgan fingerprint density at radius 1 is 0.413 bits per heavy atom. The molecule has 2 aliphatic heterocycles. The van der Waals surface area contributed by atoms with Gasteiger partial charge in [0.15, 0.2) is 0 Å². The van der Waals surface area contributed by atoms with Crippen LogP contribution in [0.15, 0.2) is 170 Å². The Balaban J connectivity index is 1.04. The van der Waals surface area contributed by atoms with Crippen LogP contribution in [0, 0.1) is 0 Å². The molecule has 9 aromatic carbocycles. The van der Waals surface area contributed by atoms with Crippen LogP contribution in [0.4, 0.5) is 34.1 Å². The SMILES string of the molecule is CCCc1ccc(N2c3cccc4c3B(c3ccc(CCC)cc3N4c3ccc(-c4ccc5c6ccccc6c6ccccc6c5c4)cc3)c3sc4ccc(CCC)cc4c32)cc1. The number of hydrogen-bond donors (Lipinski definition) is 0. The molecule has 10 aromatic rings. The largest absolute Gasteiger partial charge is 0.311 e. The maximum atomic E-state index is 2.60. The van der Waals surface area contributed by atoms with Gasteiger partial charge in [-0.05, 0) is 151 Å². The highest BCUT2D eigenvalue weighted by Gasteiger charge is 2.45. The average molecular weight is 829 g/mol. The fraction of sp³-hybridized carbons (Fsp3) is 0.153. The highest BCUT2D eigenvalue weighted by molar-refractivity contribution is 7.33. The molecular weight excluding hydrogens is 780 g/mol. The molecule has 1 aromatic heterocycles.